The van der Waals surface area contributed by atoms with E-state index in [1.54, 1.807) is 17.3 Å². The van der Waals surface area contributed by atoms with Crippen molar-refractivity contribution < 1.29 is 14.3 Å². The van der Waals surface area contributed by atoms with Gasteiger partial charge in [-0.3, -0.25) is 14.6 Å². The van der Waals surface area contributed by atoms with E-state index in [-0.39, 0.29) is 30.4 Å². The van der Waals surface area contributed by atoms with Crippen LogP contribution in [0.1, 0.15) is 18.4 Å². The van der Waals surface area contributed by atoms with Crippen LogP contribution in [0.4, 0.5) is 0 Å². The van der Waals surface area contributed by atoms with Crippen LogP contribution < -0.4 is 0 Å². The van der Waals surface area contributed by atoms with Crippen molar-refractivity contribution in [1.29, 1.82) is 0 Å². The molecule has 2 saturated heterocycles. The maximum Gasteiger partial charge on any atom is 0.223 e. The Balaban J connectivity index is 1.60. The van der Waals surface area contributed by atoms with E-state index in [9.17, 15) is 9.59 Å². The molecule has 0 saturated carbocycles. The number of ketones is 1. The monoisotopic (exact) mass is 260 g/mol. The molecule has 1 aromatic rings. The summed E-state index contributed by atoms with van der Waals surface area (Å²) in [5.41, 5.74) is 1.09. The quantitative estimate of drug-likeness (QED) is 0.797. The summed E-state index contributed by atoms with van der Waals surface area (Å²) in [5, 5.41) is 0. The lowest BCUT2D eigenvalue weighted by Gasteiger charge is -2.21. The molecule has 5 heteroatoms. The zero-order chi connectivity index (χ0) is 13.2. The van der Waals surface area contributed by atoms with Crippen LogP contribution >= 0.6 is 0 Å². The molecule has 0 spiro atoms. The van der Waals surface area contributed by atoms with Crippen molar-refractivity contribution in [3.05, 3.63) is 30.1 Å². The van der Waals surface area contributed by atoms with Gasteiger partial charge in [-0.25, -0.2) is 0 Å². The Bertz CT molecular complexity index is 489. The van der Waals surface area contributed by atoms with Crippen molar-refractivity contribution in [3.8, 4) is 0 Å². The summed E-state index contributed by atoms with van der Waals surface area (Å²) < 4.78 is 5.38. The summed E-state index contributed by atoms with van der Waals surface area (Å²) in [4.78, 5) is 29.6. The van der Waals surface area contributed by atoms with Crippen LogP contribution in [0.15, 0.2) is 24.5 Å². The highest BCUT2D eigenvalue weighted by molar-refractivity contribution is 5.92. The average Bonchev–Trinajstić information content (AvgIpc) is 3.01. The number of nitrogens with zero attached hydrogens (tertiary/aromatic N) is 2. The summed E-state index contributed by atoms with van der Waals surface area (Å²) in [7, 11) is 0. The number of fused-ring (bicyclic) bond motifs is 1. The number of Topliss-reactive ketones (excluding diaryl/α,β-unsaturated/α-hetero) is 1. The van der Waals surface area contributed by atoms with Crippen LogP contribution in [0.2, 0.25) is 0 Å². The maximum atomic E-state index is 12.2. The Morgan fingerprint density at radius 1 is 1.42 bits per heavy atom. The number of aromatic nitrogens is 1. The highest BCUT2D eigenvalue weighted by Gasteiger charge is 2.46. The van der Waals surface area contributed by atoms with E-state index in [1.807, 2.05) is 12.1 Å². The molecular weight excluding hydrogens is 244 g/mol. The molecule has 3 rings (SSSR count). The number of ether oxygens (including phenoxy) is 1. The van der Waals surface area contributed by atoms with Gasteiger partial charge in [0, 0.05) is 25.4 Å². The highest BCUT2D eigenvalue weighted by atomic mass is 16.5. The van der Waals surface area contributed by atoms with E-state index in [2.05, 4.69) is 4.98 Å². The van der Waals surface area contributed by atoms with E-state index >= 15 is 0 Å². The summed E-state index contributed by atoms with van der Waals surface area (Å²) in [6, 6.07) is 3.48. The molecular formula is C14H16N2O3. The van der Waals surface area contributed by atoms with Crippen LogP contribution in [0.5, 0.6) is 0 Å². The number of rotatable bonds is 3. The van der Waals surface area contributed by atoms with Crippen LogP contribution in [-0.4, -0.2) is 46.9 Å². The molecule has 2 fully saturated rings. The number of likely N-dealkylation sites (tertiary alicyclic amines) is 1. The van der Waals surface area contributed by atoms with Gasteiger partial charge in [0.15, 0.2) is 5.78 Å². The Morgan fingerprint density at radius 3 is 3.00 bits per heavy atom. The minimum atomic E-state index is -0.329. The third-order valence-corrected chi connectivity index (χ3v) is 3.81. The normalized spacial score (nSPS) is 25.7. The fourth-order valence-electron chi connectivity index (χ4n) is 2.82. The molecule has 0 aliphatic carbocycles. The van der Waals surface area contributed by atoms with Crippen molar-refractivity contribution in [2.75, 3.05) is 13.2 Å². The van der Waals surface area contributed by atoms with Gasteiger partial charge in [-0.15, -0.1) is 0 Å². The predicted molar refractivity (Wildman–Crippen MR) is 67.4 cm³/mol. The fourth-order valence-corrected chi connectivity index (χ4v) is 2.82. The second-order valence-corrected chi connectivity index (χ2v) is 4.99. The molecule has 2 aliphatic heterocycles. The van der Waals surface area contributed by atoms with Gasteiger partial charge in [-0.05, 0) is 30.5 Å². The van der Waals surface area contributed by atoms with Crippen LogP contribution in [0, 0.1) is 0 Å². The number of carbonyl (C=O) groups excluding carboxylic acids is 2. The molecule has 2 unspecified atom stereocenters. The molecule has 100 valence electrons. The lowest BCUT2D eigenvalue weighted by atomic mass is 10.1. The molecule has 0 aromatic carbocycles. The number of pyridine rings is 1. The van der Waals surface area contributed by atoms with Crippen molar-refractivity contribution in [2.45, 2.75) is 31.4 Å². The number of aryl methyl sites for hydroxylation is 1. The SMILES string of the molecule is O=C1COC2CCN(C(=O)CCc3ccncc3)C12. The minimum Gasteiger partial charge on any atom is -0.368 e. The lowest BCUT2D eigenvalue weighted by molar-refractivity contribution is -0.136. The molecule has 2 aliphatic rings. The van der Waals surface area contributed by atoms with Crippen molar-refractivity contribution in [3.63, 3.8) is 0 Å². The van der Waals surface area contributed by atoms with Crippen LogP contribution in [0.3, 0.4) is 0 Å². The largest absolute Gasteiger partial charge is 0.368 e. The number of carbonyl (C=O) groups is 2. The Morgan fingerprint density at radius 2 is 2.21 bits per heavy atom. The first-order valence-electron chi connectivity index (χ1n) is 6.58. The number of hydrogen-bond acceptors (Lipinski definition) is 4. The highest BCUT2D eigenvalue weighted by Crippen LogP contribution is 2.27. The Kier molecular flexibility index (Phi) is 3.29. The molecule has 1 amide bonds. The maximum absolute atomic E-state index is 12.2. The molecule has 5 nitrogen and oxygen atoms in total. The van der Waals surface area contributed by atoms with E-state index < -0.39 is 0 Å². The summed E-state index contributed by atoms with van der Waals surface area (Å²) in [5.74, 6) is 0.0860. The summed E-state index contributed by atoms with van der Waals surface area (Å²) >= 11 is 0. The lowest BCUT2D eigenvalue weighted by Crippen LogP contribution is -2.42. The summed E-state index contributed by atoms with van der Waals surface area (Å²) in [6.07, 6.45) is 5.26. The second kappa shape index (κ2) is 5.09. The smallest absolute Gasteiger partial charge is 0.223 e. The minimum absolute atomic E-state index is 0.0414. The van der Waals surface area contributed by atoms with Gasteiger partial charge in [-0.1, -0.05) is 0 Å². The average molecular weight is 260 g/mol. The van der Waals surface area contributed by atoms with Crippen LogP contribution in [-0.2, 0) is 20.7 Å². The third-order valence-electron chi connectivity index (χ3n) is 3.81. The van der Waals surface area contributed by atoms with Gasteiger partial charge in [0.1, 0.15) is 12.6 Å². The van der Waals surface area contributed by atoms with Gasteiger partial charge in [0.2, 0.25) is 5.91 Å². The second-order valence-electron chi connectivity index (χ2n) is 4.99. The van der Waals surface area contributed by atoms with Crippen molar-refractivity contribution in [2.24, 2.45) is 0 Å². The van der Waals surface area contributed by atoms with E-state index in [0.29, 0.717) is 19.4 Å². The first-order chi connectivity index (χ1) is 9.25. The topological polar surface area (TPSA) is 59.5 Å². The molecule has 0 radical (unpaired) electrons. The van der Waals surface area contributed by atoms with Crippen molar-refractivity contribution in [1.82, 2.24) is 9.88 Å². The predicted octanol–water partition coefficient (Wildman–Crippen LogP) is 0.583. The molecule has 2 atom stereocenters. The Hall–Kier alpha value is -1.75. The van der Waals surface area contributed by atoms with Gasteiger partial charge in [0.25, 0.3) is 0 Å². The van der Waals surface area contributed by atoms with E-state index in [1.165, 1.54) is 0 Å². The fraction of sp³-hybridized carbons (Fsp3) is 0.500. The van der Waals surface area contributed by atoms with E-state index in [0.717, 1.165) is 12.0 Å². The van der Waals surface area contributed by atoms with Gasteiger partial charge in [0.05, 0.1) is 6.10 Å². The third kappa shape index (κ3) is 2.38. The van der Waals surface area contributed by atoms with E-state index in [4.69, 9.17) is 4.74 Å². The zero-order valence-corrected chi connectivity index (χ0v) is 10.6. The molecule has 1 aromatic heterocycles. The van der Waals surface area contributed by atoms with Gasteiger partial charge < -0.3 is 9.64 Å². The van der Waals surface area contributed by atoms with Crippen LogP contribution in [0.25, 0.3) is 0 Å². The molecule has 0 N–H and O–H groups in total. The number of amides is 1. The molecule has 19 heavy (non-hydrogen) atoms. The zero-order valence-electron chi connectivity index (χ0n) is 10.6. The standard InChI is InChI=1S/C14H16N2O3/c17-11-9-19-12-5-8-16(14(11)12)13(18)2-1-10-3-6-15-7-4-10/h3-4,6-7,12,14H,1-2,5,8-9H2. The first-order valence-corrected chi connectivity index (χ1v) is 6.58. The molecule has 3 heterocycles. The molecule has 0 bridgehead atoms. The first kappa shape index (κ1) is 12.3. The number of hydrogen-bond donors (Lipinski definition) is 0. The summed E-state index contributed by atoms with van der Waals surface area (Å²) in [6.45, 7) is 0.791. The van der Waals surface area contributed by atoms with Gasteiger partial charge in [-0.2, -0.15) is 0 Å². The van der Waals surface area contributed by atoms with Crippen molar-refractivity contribution >= 4 is 11.7 Å². The Labute approximate surface area is 111 Å². The van der Waals surface area contributed by atoms with Gasteiger partial charge >= 0.3 is 0 Å².